The van der Waals surface area contributed by atoms with Crippen LogP contribution in [0.2, 0.25) is 5.02 Å². The van der Waals surface area contributed by atoms with Crippen LogP contribution >= 0.6 is 11.6 Å². The van der Waals surface area contributed by atoms with Crippen molar-refractivity contribution in [1.82, 2.24) is 0 Å². The lowest BCUT2D eigenvalue weighted by molar-refractivity contribution is -0.202. The topological polar surface area (TPSA) is 26.3 Å². The van der Waals surface area contributed by atoms with Crippen LogP contribution < -0.4 is 0 Å². The van der Waals surface area contributed by atoms with E-state index in [1.807, 2.05) is 0 Å². The van der Waals surface area contributed by atoms with Crippen LogP contribution in [0.4, 0.5) is 13.2 Å². The van der Waals surface area contributed by atoms with Crippen molar-refractivity contribution >= 4 is 23.6 Å². The van der Waals surface area contributed by atoms with Crippen LogP contribution in [0.3, 0.4) is 0 Å². The van der Waals surface area contributed by atoms with E-state index in [1.54, 1.807) is 24.3 Å². The fourth-order valence-electron chi connectivity index (χ4n) is 2.03. The van der Waals surface area contributed by atoms with Crippen molar-refractivity contribution in [3.63, 3.8) is 0 Å². The van der Waals surface area contributed by atoms with Gasteiger partial charge in [-0.25, -0.2) is 0 Å². The Balaban J connectivity index is 2.31. The predicted octanol–water partition coefficient (Wildman–Crippen LogP) is 4.24. The Morgan fingerprint density at radius 2 is 2.00 bits per heavy atom. The second-order valence-corrected chi connectivity index (χ2v) is 4.96. The molecule has 2 rings (SSSR count). The Kier molecular flexibility index (Phi) is 3.82. The summed E-state index contributed by atoms with van der Waals surface area (Å²) in [6.07, 6.45) is -3.63. The second-order valence-electron chi connectivity index (χ2n) is 4.52. The average Bonchev–Trinajstić information content (AvgIpc) is 3.08. The van der Waals surface area contributed by atoms with Gasteiger partial charge in [-0.3, -0.25) is 4.79 Å². The summed E-state index contributed by atoms with van der Waals surface area (Å²) >= 11 is 5.71. The van der Waals surface area contributed by atoms with Gasteiger partial charge in [0.15, 0.2) is 5.41 Å². The number of halogens is 4. The van der Waals surface area contributed by atoms with E-state index in [9.17, 15) is 18.0 Å². The molecule has 1 aliphatic carbocycles. The van der Waals surface area contributed by atoms with E-state index in [1.165, 1.54) is 13.0 Å². The molecule has 0 aliphatic heterocycles. The Labute approximate surface area is 119 Å². The lowest BCUT2D eigenvalue weighted by atomic mass is 10.0. The number of alkyl halides is 3. The highest BCUT2D eigenvalue weighted by molar-refractivity contribution is 6.30. The Morgan fingerprint density at radius 1 is 1.40 bits per heavy atom. The van der Waals surface area contributed by atoms with Crippen molar-refractivity contribution in [2.24, 2.45) is 5.41 Å². The fraction of sp³-hybridized carbons (Fsp3) is 0.357. The first-order chi connectivity index (χ1) is 9.31. The molecule has 1 aromatic carbocycles. The molecule has 1 unspecified atom stereocenters. The smallest absolute Gasteiger partial charge is 0.408 e. The van der Waals surface area contributed by atoms with Crippen molar-refractivity contribution in [1.29, 1.82) is 0 Å². The molecule has 0 bridgehead atoms. The Hall–Kier alpha value is -1.49. The van der Waals surface area contributed by atoms with Gasteiger partial charge in [0.2, 0.25) is 0 Å². The van der Waals surface area contributed by atoms with Gasteiger partial charge in [-0.15, -0.1) is 0 Å². The van der Waals surface area contributed by atoms with Crippen molar-refractivity contribution < 1.29 is 22.7 Å². The number of hydrogen-bond donors (Lipinski definition) is 0. The van der Waals surface area contributed by atoms with Gasteiger partial charge in [0, 0.05) is 5.02 Å². The maximum absolute atomic E-state index is 13.1. The lowest BCUT2D eigenvalue weighted by Crippen LogP contribution is -2.34. The minimum atomic E-state index is -4.64. The van der Waals surface area contributed by atoms with Gasteiger partial charge in [0.1, 0.15) is 0 Å². The largest absolute Gasteiger partial charge is 0.465 e. The van der Waals surface area contributed by atoms with Crippen LogP contribution in [-0.2, 0) is 9.53 Å². The molecule has 0 saturated heterocycles. The van der Waals surface area contributed by atoms with E-state index in [-0.39, 0.29) is 18.6 Å². The summed E-state index contributed by atoms with van der Waals surface area (Å²) in [5, 5.41) is 0.496. The number of ether oxygens (including phenoxy) is 1. The number of carbonyl (C=O) groups is 1. The van der Waals surface area contributed by atoms with E-state index >= 15 is 0 Å². The summed E-state index contributed by atoms with van der Waals surface area (Å²) in [6.45, 7) is 1.40. The molecule has 1 atom stereocenters. The molecule has 1 aromatic rings. The molecule has 0 radical (unpaired) electrons. The van der Waals surface area contributed by atoms with Crippen molar-refractivity contribution in [2.45, 2.75) is 19.5 Å². The third kappa shape index (κ3) is 2.54. The third-order valence-electron chi connectivity index (χ3n) is 3.20. The first-order valence-corrected chi connectivity index (χ1v) is 6.39. The fourth-order valence-corrected chi connectivity index (χ4v) is 2.16. The van der Waals surface area contributed by atoms with Gasteiger partial charge >= 0.3 is 12.1 Å². The van der Waals surface area contributed by atoms with Crippen LogP contribution in [0.15, 0.2) is 29.8 Å². The molecule has 0 amide bonds. The molecule has 20 heavy (non-hydrogen) atoms. The number of esters is 1. The maximum atomic E-state index is 13.1. The molecule has 0 aromatic heterocycles. The summed E-state index contributed by atoms with van der Waals surface area (Å²) < 4.78 is 43.9. The third-order valence-corrected chi connectivity index (χ3v) is 3.45. The molecule has 1 saturated carbocycles. The molecule has 108 valence electrons. The van der Waals surface area contributed by atoms with E-state index in [4.69, 9.17) is 11.6 Å². The minimum Gasteiger partial charge on any atom is -0.465 e. The normalized spacial score (nSPS) is 23.8. The zero-order valence-electron chi connectivity index (χ0n) is 10.6. The molecule has 6 heteroatoms. The number of carbonyl (C=O) groups excluding carboxylic acids is 1. The first kappa shape index (κ1) is 14.9. The maximum Gasteiger partial charge on any atom is 0.408 e. The van der Waals surface area contributed by atoms with Gasteiger partial charge < -0.3 is 4.74 Å². The summed E-state index contributed by atoms with van der Waals surface area (Å²) in [5.41, 5.74) is -1.88. The summed E-state index contributed by atoms with van der Waals surface area (Å²) in [6, 6.07) is 6.35. The van der Waals surface area contributed by atoms with Crippen LogP contribution in [0.25, 0.3) is 6.08 Å². The van der Waals surface area contributed by atoms with Crippen LogP contribution in [0.5, 0.6) is 0 Å². The first-order valence-electron chi connectivity index (χ1n) is 6.02. The minimum absolute atomic E-state index is 0.0192. The van der Waals surface area contributed by atoms with Crippen molar-refractivity contribution in [3.8, 4) is 0 Å². The molecule has 1 aliphatic rings. The highest BCUT2D eigenvalue weighted by Crippen LogP contribution is 2.63. The second kappa shape index (κ2) is 5.13. The zero-order valence-corrected chi connectivity index (χ0v) is 11.4. The number of hydrogen-bond acceptors (Lipinski definition) is 2. The number of rotatable bonds is 3. The van der Waals surface area contributed by atoms with Gasteiger partial charge in [-0.1, -0.05) is 29.8 Å². The van der Waals surface area contributed by atoms with Crippen molar-refractivity contribution in [3.05, 3.63) is 40.4 Å². The molecule has 0 heterocycles. The highest BCUT2D eigenvalue weighted by Gasteiger charge is 2.73. The molecular weight excluding hydrogens is 293 g/mol. The monoisotopic (exact) mass is 304 g/mol. The number of benzene rings is 1. The summed E-state index contributed by atoms with van der Waals surface area (Å²) in [7, 11) is 0. The molecule has 1 fully saturated rings. The highest BCUT2D eigenvalue weighted by atomic mass is 35.5. The van der Waals surface area contributed by atoms with Gasteiger partial charge in [0.05, 0.1) is 6.61 Å². The SMILES string of the molecule is CCOC(=O)C1(C(F)(F)F)C/C1=C\c1ccc(Cl)cc1. The van der Waals surface area contributed by atoms with Gasteiger partial charge in [-0.05, 0) is 36.6 Å². The predicted molar refractivity (Wildman–Crippen MR) is 69.2 cm³/mol. The van der Waals surface area contributed by atoms with Crippen molar-refractivity contribution in [2.75, 3.05) is 6.61 Å². The molecular formula is C14H12ClF3O2. The molecule has 0 N–H and O–H groups in total. The molecule has 0 spiro atoms. The zero-order chi connectivity index (χ0) is 15.0. The Morgan fingerprint density at radius 3 is 2.50 bits per heavy atom. The van der Waals surface area contributed by atoms with E-state index in [0.717, 1.165) is 0 Å². The van der Waals surface area contributed by atoms with E-state index < -0.39 is 17.6 Å². The van der Waals surface area contributed by atoms with Gasteiger partial charge in [0.25, 0.3) is 0 Å². The standard InChI is InChI=1S/C14H12ClF3O2/c1-2-20-12(19)13(14(16,17)18)8-10(13)7-9-3-5-11(15)6-4-9/h3-7H,2,8H2,1H3/b10-7+. The van der Waals surface area contributed by atoms with E-state index in [2.05, 4.69) is 4.74 Å². The quantitative estimate of drug-likeness (QED) is 0.781. The lowest BCUT2D eigenvalue weighted by Gasteiger charge is -2.17. The van der Waals surface area contributed by atoms with Gasteiger partial charge in [-0.2, -0.15) is 13.2 Å². The van der Waals surface area contributed by atoms with Crippen LogP contribution in [0.1, 0.15) is 18.9 Å². The van der Waals surface area contributed by atoms with E-state index in [0.29, 0.717) is 10.6 Å². The Bertz CT molecular complexity index is 549. The molecule has 2 nitrogen and oxygen atoms in total. The van der Waals surface area contributed by atoms with Crippen LogP contribution in [0, 0.1) is 5.41 Å². The van der Waals surface area contributed by atoms with Crippen LogP contribution in [-0.4, -0.2) is 18.8 Å². The summed E-state index contributed by atoms with van der Waals surface area (Å²) in [4.78, 5) is 11.6. The summed E-state index contributed by atoms with van der Waals surface area (Å²) in [5.74, 6) is -1.23. The average molecular weight is 305 g/mol.